The van der Waals surface area contributed by atoms with Crippen molar-refractivity contribution in [3.8, 4) is 0 Å². The molecule has 0 aliphatic rings. The zero-order valence-electron chi connectivity index (χ0n) is 11.5. The van der Waals surface area contributed by atoms with E-state index >= 15 is 0 Å². The Morgan fingerprint density at radius 1 is 1.15 bits per heavy atom. The molecule has 0 atom stereocenters. The highest BCUT2D eigenvalue weighted by Gasteiger charge is 2.05. The molecule has 104 valence electrons. The van der Waals surface area contributed by atoms with Crippen molar-refractivity contribution < 1.29 is 9.59 Å². The van der Waals surface area contributed by atoms with Crippen LogP contribution in [0.15, 0.2) is 42.7 Å². The van der Waals surface area contributed by atoms with E-state index in [-0.39, 0.29) is 11.8 Å². The molecule has 2 aromatic rings. The Bertz CT molecular complexity index is 614. The zero-order valence-corrected chi connectivity index (χ0v) is 11.5. The molecular weight excluding hydrogens is 254 g/mol. The van der Waals surface area contributed by atoms with Crippen LogP contribution < -0.4 is 10.6 Å². The standard InChI is InChI=1S/C15H17N3O2/c1-11(19)17-14-5-3-13(4-6-14)15(20)16-9-12-7-8-18(2)10-12/h3-8,10H,9H2,1-2H3,(H,16,20)(H,17,19). The van der Waals surface area contributed by atoms with Crippen LogP contribution in [0.25, 0.3) is 0 Å². The van der Waals surface area contributed by atoms with Crippen LogP contribution in [0.4, 0.5) is 5.69 Å². The van der Waals surface area contributed by atoms with Gasteiger partial charge in [0.25, 0.3) is 5.91 Å². The number of hydrogen-bond acceptors (Lipinski definition) is 2. The van der Waals surface area contributed by atoms with Crippen molar-refractivity contribution in [1.29, 1.82) is 0 Å². The molecule has 2 N–H and O–H groups in total. The molecule has 0 aliphatic heterocycles. The summed E-state index contributed by atoms with van der Waals surface area (Å²) in [5.41, 5.74) is 2.29. The third kappa shape index (κ3) is 3.71. The molecule has 2 amide bonds. The first-order valence-corrected chi connectivity index (χ1v) is 6.31. The average Bonchev–Trinajstić information content (AvgIpc) is 2.82. The molecule has 5 heteroatoms. The fourth-order valence-corrected chi connectivity index (χ4v) is 1.86. The maximum absolute atomic E-state index is 12.0. The Morgan fingerprint density at radius 3 is 2.40 bits per heavy atom. The molecule has 2 rings (SSSR count). The van der Waals surface area contributed by atoms with Gasteiger partial charge in [0.15, 0.2) is 0 Å². The van der Waals surface area contributed by atoms with E-state index in [2.05, 4.69) is 10.6 Å². The van der Waals surface area contributed by atoms with Gasteiger partial charge in [0.1, 0.15) is 0 Å². The summed E-state index contributed by atoms with van der Waals surface area (Å²) in [6, 6.07) is 8.75. The van der Waals surface area contributed by atoms with Gasteiger partial charge < -0.3 is 15.2 Å². The smallest absolute Gasteiger partial charge is 0.251 e. The molecule has 20 heavy (non-hydrogen) atoms. The van der Waals surface area contributed by atoms with Gasteiger partial charge in [-0.1, -0.05) is 0 Å². The van der Waals surface area contributed by atoms with Crippen molar-refractivity contribution in [3.05, 3.63) is 53.9 Å². The van der Waals surface area contributed by atoms with Gasteiger partial charge in [-0.15, -0.1) is 0 Å². The number of nitrogens with one attached hydrogen (secondary N) is 2. The quantitative estimate of drug-likeness (QED) is 0.892. The van der Waals surface area contributed by atoms with E-state index in [1.165, 1.54) is 6.92 Å². The first-order valence-electron chi connectivity index (χ1n) is 6.31. The number of rotatable bonds is 4. The maximum atomic E-state index is 12.0. The lowest BCUT2D eigenvalue weighted by molar-refractivity contribution is -0.114. The van der Waals surface area contributed by atoms with Gasteiger partial charge in [-0.25, -0.2) is 0 Å². The predicted molar refractivity (Wildman–Crippen MR) is 77.3 cm³/mol. The highest BCUT2D eigenvalue weighted by atomic mass is 16.2. The topological polar surface area (TPSA) is 63.1 Å². The van der Waals surface area contributed by atoms with E-state index in [1.807, 2.05) is 30.1 Å². The Labute approximate surface area is 117 Å². The average molecular weight is 271 g/mol. The summed E-state index contributed by atoms with van der Waals surface area (Å²) in [6.07, 6.45) is 3.89. The molecule has 0 unspecified atom stereocenters. The SMILES string of the molecule is CC(=O)Nc1ccc(C(=O)NCc2ccn(C)c2)cc1. The minimum atomic E-state index is -0.136. The summed E-state index contributed by atoms with van der Waals surface area (Å²) >= 11 is 0. The first-order chi connectivity index (χ1) is 9.54. The molecule has 0 aliphatic carbocycles. The molecule has 0 bridgehead atoms. The monoisotopic (exact) mass is 271 g/mol. The molecule has 0 spiro atoms. The van der Waals surface area contributed by atoms with Crippen LogP contribution >= 0.6 is 0 Å². The zero-order chi connectivity index (χ0) is 14.5. The molecular formula is C15H17N3O2. The number of aryl methyl sites for hydroxylation is 1. The van der Waals surface area contributed by atoms with Gasteiger partial charge in [-0.3, -0.25) is 9.59 Å². The van der Waals surface area contributed by atoms with Gasteiger partial charge in [0, 0.05) is 44.2 Å². The van der Waals surface area contributed by atoms with Crippen molar-refractivity contribution in [2.45, 2.75) is 13.5 Å². The largest absolute Gasteiger partial charge is 0.357 e. The summed E-state index contributed by atoms with van der Waals surface area (Å²) in [5.74, 6) is -0.269. The lowest BCUT2D eigenvalue weighted by Crippen LogP contribution is -2.22. The highest BCUT2D eigenvalue weighted by molar-refractivity contribution is 5.95. The first kappa shape index (κ1) is 13.9. The third-order valence-electron chi connectivity index (χ3n) is 2.81. The molecule has 0 saturated carbocycles. The number of hydrogen-bond donors (Lipinski definition) is 2. The third-order valence-corrected chi connectivity index (χ3v) is 2.81. The van der Waals surface area contributed by atoms with E-state index in [0.717, 1.165) is 5.56 Å². The van der Waals surface area contributed by atoms with Crippen LogP contribution in [0.3, 0.4) is 0 Å². The van der Waals surface area contributed by atoms with Crippen LogP contribution in [0, 0.1) is 0 Å². The predicted octanol–water partition coefficient (Wildman–Crippen LogP) is 1.91. The van der Waals surface area contributed by atoms with E-state index in [1.54, 1.807) is 24.3 Å². The van der Waals surface area contributed by atoms with E-state index in [4.69, 9.17) is 0 Å². The molecule has 0 radical (unpaired) electrons. The van der Waals surface area contributed by atoms with Crippen LogP contribution in [0.5, 0.6) is 0 Å². The van der Waals surface area contributed by atoms with E-state index < -0.39 is 0 Å². The fraction of sp³-hybridized carbons (Fsp3) is 0.200. The summed E-state index contributed by atoms with van der Waals surface area (Å²) in [7, 11) is 1.94. The molecule has 0 fully saturated rings. The van der Waals surface area contributed by atoms with Crippen molar-refractivity contribution in [2.75, 3.05) is 5.32 Å². The summed E-state index contributed by atoms with van der Waals surface area (Å²) in [4.78, 5) is 22.9. The van der Waals surface area contributed by atoms with Crippen LogP contribution in [-0.4, -0.2) is 16.4 Å². The van der Waals surface area contributed by atoms with Crippen molar-refractivity contribution >= 4 is 17.5 Å². The number of aromatic nitrogens is 1. The number of amides is 2. The van der Waals surface area contributed by atoms with Gasteiger partial charge in [-0.05, 0) is 35.9 Å². The highest BCUT2D eigenvalue weighted by Crippen LogP contribution is 2.09. The molecule has 1 heterocycles. The second-order valence-electron chi connectivity index (χ2n) is 4.63. The summed E-state index contributed by atoms with van der Waals surface area (Å²) in [6.45, 7) is 1.94. The summed E-state index contributed by atoms with van der Waals surface area (Å²) in [5, 5.41) is 5.51. The van der Waals surface area contributed by atoms with Crippen LogP contribution in [-0.2, 0) is 18.4 Å². The van der Waals surface area contributed by atoms with E-state index in [9.17, 15) is 9.59 Å². The van der Waals surface area contributed by atoms with Crippen LogP contribution in [0.2, 0.25) is 0 Å². The summed E-state index contributed by atoms with van der Waals surface area (Å²) < 4.78 is 1.93. The normalized spacial score (nSPS) is 10.1. The van der Waals surface area contributed by atoms with Crippen molar-refractivity contribution in [3.63, 3.8) is 0 Å². The Hall–Kier alpha value is -2.56. The number of carbonyl (C=O) groups excluding carboxylic acids is 2. The van der Waals surface area contributed by atoms with Crippen LogP contribution in [0.1, 0.15) is 22.8 Å². The number of nitrogens with zero attached hydrogens (tertiary/aromatic N) is 1. The fourth-order valence-electron chi connectivity index (χ4n) is 1.86. The van der Waals surface area contributed by atoms with E-state index in [0.29, 0.717) is 17.8 Å². The minimum absolute atomic E-state index is 0.133. The maximum Gasteiger partial charge on any atom is 0.251 e. The van der Waals surface area contributed by atoms with Gasteiger partial charge in [-0.2, -0.15) is 0 Å². The lowest BCUT2D eigenvalue weighted by atomic mass is 10.2. The van der Waals surface area contributed by atoms with Crippen molar-refractivity contribution in [1.82, 2.24) is 9.88 Å². The molecule has 1 aromatic heterocycles. The molecule has 0 saturated heterocycles. The van der Waals surface area contributed by atoms with Gasteiger partial charge in [0.2, 0.25) is 5.91 Å². The molecule has 1 aromatic carbocycles. The lowest BCUT2D eigenvalue weighted by Gasteiger charge is -2.06. The van der Waals surface area contributed by atoms with Crippen molar-refractivity contribution in [2.24, 2.45) is 7.05 Å². The molecule has 5 nitrogen and oxygen atoms in total. The second kappa shape index (κ2) is 6.06. The minimum Gasteiger partial charge on any atom is -0.357 e. The Kier molecular flexibility index (Phi) is 4.20. The van der Waals surface area contributed by atoms with Gasteiger partial charge >= 0.3 is 0 Å². The Balaban J connectivity index is 1.93. The Morgan fingerprint density at radius 2 is 1.85 bits per heavy atom. The number of anilines is 1. The van der Waals surface area contributed by atoms with Gasteiger partial charge in [0.05, 0.1) is 0 Å². The second-order valence-corrected chi connectivity index (χ2v) is 4.63. The number of benzene rings is 1. The number of carbonyl (C=O) groups is 2.